The molecule has 2 aliphatic rings. The number of para-hydroxylation sites is 2. The van der Waals surface area contributed by atoms with E-state index in [0.717, 1.165) is 34.1 Å². The average molecular weight is 1170 g/mol. The minimum absolute atomic E-state index is 0.439. The van der Waals surface area contributed by atoms with Gasteiger partial charge in [0.05, 0.1) is 22.2 Å². The molecule has 0 atom stereocenters. The molecule has 0 unspecified atom stereocenters. The molecule has 0 amide bonds. The molecule has 2 nitrogen and oxygen atoms in total. The molecular formula is C90H60N2. The summed E-state index contributed by atoms with van der Waals surface area (Å²) in [6, 6.07) is 135. The molecule has 16 aromatic rings. The van der Waals surface area contributed by atoms with E-state index in [-0.39, 0.29) is 0 Å². The van der Waals surface area contributed by atoms with Crippen molar-refractivity contribution >= 4 is 66.4 Å². The minimum Gasteiger partial charge on any atom is -0.310 e. The summed E-state index contributed by atoms with van der Waals surface area (Å²) in [6.07, 6.45) is 0. The highest BCUT2D eigenvalue weighted by molar-refractivity contribution is 6.28. The Hall–Kier alpha value is -11.8. The SMILES string of the molecule is c1ccc(N(c2ccc(-c3ccc(C4(c5ccccc5)c5ccccc5-c5ccccc54)cc3)cc2)c2ccc3ccc4c(N(c5ccccc5)c5ccc(-c6ccc(C7(c8ccccc8)c8ccccc8-c8ccccc87)cc6)cc5)ccc5ccc2c3c54)cc1. The number of hydrogen-bond acceptors (Lipinski definition) is 2. The van der Waals surface area contributed by atoms with E-state index in [9.17, 15) is 0 Å². The van der Waals surface area contributed by atoms with E-state index in [1.165, 1.54) is 121 Å². The lowest BCUT2D eigenvalue weighted by Crippen LogP contribution is -2.28. The summed E-state index contributed by atoms with van der Waals surface area (Å²) < 4.78 is 0. The van der Waals surface area contributed by atoms with Crippen LogP contribution in [0.25, 0.3) is 76.8 Å². The molecule has 0 bridgehead atoms. The Bertz CT molecular complexity index is 4980. The Morgan fingerprint density at radius 1 is 0.185 bits per heavy atom. The molecule has 2 aliphatic carbocycles. The topological polar surface area (TPSA) is 6.48 Å². The normalized spacial score (nSPS) is 13.2. The van der Waals surface area contributed by atoms with E-state index >= 15 is 0 Å². The van der Waals surface area contributed by atoms with Crippen LogP contribution in [0.5, 0.6) is 0 Å². The highest BCUT2D eigenvalue weighted by atomic mass is 15.1. The number of benzene rings is 16. The van der Waals surface area contributed by atoms with Gasteiger partial charge in [-0.1, -0.05) is 303 Å². The van der Waals surface area contributed by atoms with Gasteiger partial charge in [0.15, 0.2) is 0 Å². The molecule has 18 rings (SSSR count). The number of nitrogens with zero attached hydrogens (tertiary/aromatic N) is 2. The summed E-state index contributed by atoms with van der Waals surface area (Å²) in [5.41, 5.74) is 26.0. The molecule has 2 heteroatoms. The first-order chi connectivity index (χ1) is 45.6. The monoisotopic (exact) mass is 1170 g/mol. The van der Waals surface area contributed by atoms with Crippen LogP contribution in [0.15, 0.2) is 364 Å². The van der Waals surface area contributed by atoms with Crippen molar-refractivity contribution in [3.05, 3.63) is 408 Å². The van der Waals surface area contributed by atoms with E-state index in [2.05, 4.69) is 374 Å². The summed E-state index contributed by atoms with van der Waals surface area (Å²) in [7, 11) is 0. The first-order valence-corrected chi connectivity index (χ1v) is 32.0. The van der Waals surface area contributed by atoms with Crippen LogP contribution >= 0.6 is 0 Å². The molecule has 92 heavy (non-hydrogen) atoms. The molecule has 0 saturated carbocycles. The molecule has 0 radical (unpaired) electrons. The van der Waals surface area contributed by atoms with Crippen LogP contribution in [0, 0.1) is 0 Å². The van der Waals surface area contributed by atoms with Gasteiger partial charge in [-0.2, -0.15) is 0 Å². The summed E-state index contributed by atoms with van der Waals surface area (Å²) in [5.74, 6) is 0. The molecule has 0 aliphatic heterocycles. The van der Waals surface area contributed by atoms with Crippen LogP contribution < -0.4 is 9.80 Å². The van der Waals surface area contributed by atoms with Crippen molar-refractivity contribution in [2.24, 2.45) is 0 Å². The zero-order valence-corrected chi connectivity index (χ0v) is 50.5. The average Bonchev–Trinajstić information content (AvgIpc) is 1.50. The quantitative estimate of drug-likeness (QED) is 0.113. The summed E-state index contributed by atoms with van der Waals surface area (Å²) in [6.45, 7) is 0. The van der Waals surface area contributed by atoms with E-state index < -0.39 is 10.8 Å². The number of anilines is 6. The Labute approximate surface area is 536 Å². The molecular weight excluding hydrogens is 1110 g/mol. The second-order valence-electron chi connectivity index (χ2n) is 24.6. The van der Waals surface area contributed by atoms with Gasteiger partial charge in [-0.3, -0.25) is 0 Å². The molecule has 0 aromatic heterocycles. The Balaban J connectivity index is 0.699. The van der Waals surface area contributed by atoms with Crippen molar-refractivity contribution in [3.63, 3.8) is 0 Å². The van der Waals surface area contributed by atoms with Crippen molar-refractivity contribution < 1.29 is 0 Å². The first kappa shape index (κ1) is 53.2. The van der Waals surface area contributed by atoms with Gasteiger partial charge in [0.1, 0.15) is 0 Å². The lowest BCUT2D eigenvalue weighted by molar-refractivity contribution is 0.768. The summed E-state index contributed by atoms with van der Waals surface area (Å²) >= 11 is 0. The van der Waals surface area contributed by atoms with Gasteiger partial charge in [0.25, 0.3) is 0 Å². The maximum absolute atomic E-state index is 2.43. The fraction of sp³-hybridized carbons (Fsp3) is 0.0222. The third-order valence-corrected chi connectivity index (χ3v) is 20.0. The van der Waals surface area contributed by atoms with Crippen LogP contribution in [0.1, 0.15) is 44.5 Å². The smallest absolute Gasteiger partial charge is 0.0713 e. The van der Waals surface area contributed by atoms with Crippen LogP contribution in [0.4, 0.5) is 34.1 Å². The van der Waals surface area contributed by atoms with Crippen LogP contribution in [0.2, 0.25) is 0 Å². The first-order valence-electron chi connectivity index (χ1n) is 32.0. The highest BCUT2D eigenvalue weighted by Gasteiger charge is 2.47. The molecule has 0 N–H and O–H groups in total. The zero-order chi connectivity index (χ0) is 60.7. The molecule has 0 saturated heterocycles. The molecule has 0 heterocycles. The highest BCUT2D eigenvalue weighted by Crippen LogP contribution is 2.58. The van der Waals surface area contributed by atoms with Crippen LogP contribution in [-0.2, 0) is 10.8 Å². The van der Waals surface area contributed by atoms with E-state index in [0.29, 0.717) is 0 Å². The van der Waals surface area contributed by atoms with E-state index in [1.54, 1.807) is 0 Å². The second kappa shape index (κ2) is 21.4. The fourth-order valence-electron chi connectivity index (χ4n) is 16.0. The predicted molar refractivity (Wildman–Crippen MR) is 385 cm³/mol. The Morgan fingerprint density at radius 2 is 0.435 bits per heavy atom. The second-order valence-corrected chi connectivity index (χ2v) is 24.6. The minimum atomic E-state index is -0.439. The summed E-state index contributed by atoms with van der Waals surface area (Å²) in [4.78, 5) is 4.86. The zero-order valence-electron chi connectivity index (χ0n) is 50.5. The van der Waals surface area contributed by atoms with Crippen molar-refractivity contribution in [3.8, 4) is 44.5 Å². The van der Waals surface area contributed by atoms with Crippen molar-refractivity contribution in [1.82, 2.24) is 0 Å². The third kappa shape index (κ3) is 8.07. The number of fused-ring (bicyclic) bond motifs is 6. The summed E-state index contributed by atoms with van der Waals surface area (Å²) in [5, 5.41) is 7.32. The molecule has 430 valence electrons. The van der Waals surface area contributed by atoms with Crippen LogP contribution in [-0.4, -0.2) is 0 Å². The van der Waals surface area contributed by atoms with E-state index in [4.69, 9.17) is 0 Å². The van der Waals surface area contributed by atoms with Gasteiger partial charge in [0, 0.05) is 33.5 Å². The van der Waals surface area contributed by atoms with Gasteiger partial charge >= 0.3 is 0 Å². The van der Waals surface area contributed by atoms with E-state index in [1.807, 2.05) is 0 Å². The van der Waals surface area contributed by atoms with Crippen LogP contribution in [0.3, 0.4) is 0 Å². The van der Waals surface area contributed by atoms with Crippen molar-refractivity contribution in [2.45, 2.75) is 10.8 Å². The largest absolute Gasteiger partial charge is 0.310 e. The predicted octanol–water partition coefficient (Wildman–Crippen LogP) is 23.6. The Morgan fingerprint density at radius 3 is 0.761 bits per heavy atom. The molecule has 0 fully saturated rings. The van der Waals surface area contributed by atoms with Crippen molar-refractivity contribution in [2.75, 3.05) is 9.80 Å². The lowest BCUT2D eigenvalue weighted by Gasteiger charge is -2.34. The standard InChI is InChI=1S/C90H60N2/c1-5-21-67(22-6-1)89(81-33-17-13-29-75(81)76-30-14-18-34-82(76)89)69-49-37-61(38-50-69)63-41-53-73(54-42-63)91(71-25-9-3-10-26-71)85-59-47-65-46-58-80-86(60-48-66-45-57-79(85)87(65)88(66)80)92(72-27-11-4-12-28-72)74-55-43-64(44-56-74)62-39-51-70(52-40-62)90(68-23-7-2-8-24-68)83-35-19-15-31-77(83)78-32-16-20-36-84(78)90/h1-60H. The maximum Gasteiger partial charge on any atom is 0.0713 e. The van der Waals surface area contributed by atoms with Gasteiger partial charge in [0.2, 0.25) is 0 Å². The fourth-order valence-corrected chi connectivity index (χ4v) is 16.0. The van der Waals surface area contributed by atoms with Gasteiger partial charge < -0.3 is 9.80 Å². The van der Waals surface area contributed by atoms with Gasteiger partial charge in [-0.25, -0.2) is 0 Å². The molecule has 0 spiro atoms. The maximum atomic E-state index is 2.43. The number of rotatable bonds is 12. The van der Waals surface area contributed by atoms with Gasteiger partial charge in [-0.15, -0.1) is 0 Å². The number of hydrogen-bond donors (Lipinski definition) is 0. The van der Waals surface area contributed by atoms with Crippen molar-refractivity contribution in [1.29, 1.82) is 0 Å². The molecule has 16 aromatic carbocycles. The third-order valence-electron chi connectivity index (χ3n) is 20.0. The Kier molecular flexibility index (Phi) is 12.4. The van der Waals surface area contributed by atoms with Gasteiger partial charge in [-0.05, 0) is 171 Å². The lowest BCUT2D eigenvalue weighted by atomic mass is 9.67.